The van der Waals surface area contributed by atoms with Gasteiger partial charge in [0.2, 0.25) is 0 Å². The van der Waals surface area contributed by atoms with Crippen LogP contribution in [-0.2, 0) is 4.79 Å². The molecule has 0 aliphatic carbocycles. The van der Waals surface area contributed by atoms with Crippen molar-refractivity contribution in [3.05, 3.63) is 64.7 Å². The molecule has 35 heavy (non-hydrogen) atoms. The van der Waals surface area contributed by atoms with Crippen LogP contribution in [0.5, 0.6) is 0 Å². The zero-order chi connectivity index (χ0) is 23.9. The van der Waals surface area contributed by atoms with Crippen molar-refractivity contribution in [3.63, 3.8) is 0 Å². The molecular formula is C27H31N5O2S. The van der Waals surface area contributed by atoms with E-state index in [9.17, 15) is 9.59 Å². The van der Waals surface area contributed by atoms with Crippen molar-refractivity contribution in [3.8, 4) is 11.1 Å². The number of hydrogen-bond donors (Lipinski definition) is 4. The molecule has 0 saturated carbocycles. The standard InChI is InChI=1S/C27H31N5O2S/c1-16-9-10-18(17-6-3-2-4-7-17)14-21(16)32-20-11-13-29-26-22(20)23(31-27(32)34)24(35-26)25(33)30-19-8-5-12-28-15-19/h2-4,6-7,9-10,14,19-20,22,26,28-29H,5,8,11-13,15H2,1H3,(H,30,33)(H,31,34)/t19-,20?,22?,26?/m1/s1. The SMILES string of the molecule is Cc1ccc(-c2ccccc2)cc1N1C(=O)NC2=C(C(=O)N[C@@H]3CCCNC3)SC3NCCC1C23. The van der Waals surface area contributed by atoms with Gasteiger partial charge in [-0.15, -0.1) is 0 Å². The summed E-state index contributed by atoms with van der Waals surface area (Å²) in [5.74, 6) is -0.0129. The number of urea groups is 1. The van der Waals surface area contributed by atoms with E-state index in [2.05, 4.69) is 58.5 Å². The summed E-state index contributed by atoms with van der Waals surface area (Å²) in [5, 5.41) is 13.3. The van der Waals surface area contributed by atoms with Gasteiger partial charge in [0.15, 0.2) is 0 Å². The largest absolute Gasteiger partial charge is 0.348 e. The Morgan fingerprint density at radius 1 is 1.09 bits per heavy atom. The number of amides is 3. The van der Waals surface area contributed by atoms with Crippen molar-refractivity contribution in [2.45, 2.75) is 43.6 Å². The van der Waals surface area contributed by atoms with Gasteiger partial charge in [-0.2, -0.15) is 0 Å². The quantitative estimate of drug-likeness (QED) is 0.530. The van der Waals surface area contributed by atoms with Crippen LogP contribution in [0.1, 0.15) is 24.8 Å². The van der Waals surface area contributed by atoms with Crippen molar-refractivity contribution < 1.29 is 9.59 Å². The number of thioether (sulfide) groups is 1. The van der Waals surface area contributed by atoms with Crippen molar-refractivity contribution in [2.75, 3.05) is 24.5 Å². The van der Waals surface area contributed by atoms with Crippen molar-refractivity contribution in [2.24, 2.45) is 5.92 Å². The highest BCUT2D eigenvalue weighted by molar-refractivity contribution is 8.04. The van der Waals surface area contributed by atoms with Gasteiger partial charge in [-0.3, -0.25) is 9.69 Å². The number of nitrogens with one attached hydrogen (secondary N) is 4. The average Bonchev–Trinajstić information content (AvgIpc) is 3.26. The Morgan fingerprint density at radius 3 is 2.74 bits per heavy atom. The van der Waals surface area contributed by atoms with Crippen LogP contribution in [-0.4, -0.2) is 49.0 Å². The Hall–Kier alpha value is -2.81. The minimum atomic E-state index is -0.151. The van der Waals surface area contributed by atoms with Gasteiger partial charge in [-0.25, -0.2) is 4.79 Å². The van der Waals surface area contributed by atoms with Gasteiger partial charge in [0.1, 0.15) is 0 Å². The minimum absolute atomic E-state index is 0.00358. The molecule has 3 saturated heterocycles. The van der Waals surface area contributed by atoms with Gasteiger partial charge in [0, 0.05) is 29.9 Å². The highest BCUT2D eigenvalue weighted by atomic mass is 32.2. The number of carbonyl (C=O) groups excluding carboxylic acids is 2. The summed E-state index contributed by atoms with van der Waals surface area (Å²) >= 11 is 1.57. The molecule has 4 atom stereocenters. The lowest BCUT2D eigenvalue weighted by molar-refractivity contribution is -0.117. The molecule has 0 bridgehead atoms. The molecule has 4 aliphatic rings. The summed E-state index contributed by atoms with van der Waals surface area (Å²) < 4.78 is 0. The van der Waals surface area contributed by atoms with Crippen LogP contribution in [0, 0.1) is 12.8 Å². The van der Waals surface area contributed by atoms with E-state index in [0.717, 1.165) is 67.0 Å². The highest BCUT2D eigenvalue weighted by Gasteiger charge is 2.52. The van der Waals surface area contributed by atoms with E-state index in [0.29, 0.717) is 4.91 Å². The summed E-state index contributed by atoms with van der Waals surface area (Å²) in [5.41, 5.74) is 5.01. The molecule has 4 heterocycles. The van der Waals surface area contributed by atoms with Gasteiger partial charge in [0.05, 0.1) is 16.3 Å². The Kier molecular flexibility index (Phi) is 6.04. The first-order chi connectivity index (χ1) is 17.1. The first-order valence-electron chi connectivity index (χ1n) is 12.5. The number of carbonyl (C=O) groups is 2. The van der Waals surface area contributed by atoms with Crippen molar-refractivity contribution in [1.82, 2.24) is 21.3 Å². The van der Waals surface area contributed by atoms with Gasteiger partial charge in [0.25, 0.3) is 5.91 Å². The van der Waals surface area contributed by atoms with E-state index >= 15 is 0 Å². The summed E-state index contributed by atoms with van der Waals surface area (Å²) in [6, 6.07) is 16.6. The van der Waals surface area contributed by atoms with E-state index in [1.54, 1.807) is 11.8 Å². The molecule has 3 fully saturated rings. The fourth-order valence-electron chi connectivity index (χ4n) is 5.81. The fourth-order valence-corrected chi connectivity index (χ4v) is 7.21. The number of benzene rings is 2. The molecule has 4 N–H and O–H groups in total. The molecule has 6 rings (SSSR count). The lowest BCUT2D eigenvalue weighted by Gasteiger charge is -2.46. The van der Waals surface area contributed by atoms with Gasteiger partial charge < -0.3 is 21.3 Å². The normalized spacial score (nSPS) is 27.9. The minimum Gasteiger partial charge on any atom is -0.348 e. The van der Waals surface area contributed by atoms with Crippen LogP contribution in [0.4, 0.5) is 10.5 Å². The number of aryl methyl sites for hydroxylation is 1. The highest BCUT2D eigenvalue weighted by Crippen LogP contribution is 2.48. The molecule has 2 aromatic rings. The monoisotopic (exact) mass is 489 g/mol. The van der Waals surface area contributed by atoms with Crippen LogP contribution in [0.15, 0.2) is 59.1 Å². The second-order valence-corrected chi connectivity index (χ2v) is 11.0. The Labute approximate surface area is 210 Å². The van der Waals surface area contributed by atoms with Gasteiger partial charge in [-0.05, 0) is 62.0 Å². The molecule has 7 nitrogen and oxygen atoms in total. The summed E-state index contributed by atoms with van der Waals surface area (Å²) in [7, 11) is 0. The van der Waals surface area contributed by atoms with E-state index in [1.807, 2.05) is 23.1 Å². The van der Waals surface area contributed by atoms with Crippen LogP contribution in [0.25, 0.3) is 11.1 Å². The van der Waals surface area contributed by atoms with Crippen LogP contribution < -0.4 is 26.2 Å². The van der Waals surface area contributed by atoms with Gasteiger partial charge >= 0.3 is 6.03 Å². The summed E-state index contributed by atoms with van der Waals surface area (Å²) in [6.45, 7) is 4.67. The van der Waals surface area contributed by atoms with Gasteiger partial charge in [-0.1, -0.05) is 54.2 Å². The molecular weight excluding hydrogens is 458 g/mol. The molecule has 0 spiro atoms. The zero-order valence-electron chi connectivity index (χ0n) is 19.8. The number of nitrogens with zero attached hydrogens (tertiary/aromatic N) is 1. The molecule has 3 unspecified atom stereocenters. The molecule has 0 aromatic heterocycles. The summed E-state index contributed by atoms with van der Waals surface area (Å²) in [6.07, 6.45) is 2.89. The first kappa shape index (κ1) is 22.6. The fraction of sp³-hybridized carbons (Fsp3) is 0.407. The Bertz CT molecular complexity index is 1180. The smallest absolute Gasteiger partial charge is 0.326 e. The number of rotatable bonds is 4. The predicted octanol–water partition coefficient (Wildman–Crippen LogP) is 3.32. The first-order valence-corrected chi connectivity index (χ1v) is 13.4. The number of anilines is 1. The lowest BCUT2D eigenvalue weighted by Crippen LogP contribution is -2.62. The third kappa shape index (κ3) is 4.13. The maximum atomic E-state index is 13.6. The third-order valence-electron chi connectivity index (χ3n) is 7.56. The zero-order valence-corrected chi connectivity index (χ0v) is 20.7. The van der Waals surface area contributed by atoms with Crippen molar-refractivity contribution >= 4 is 29.4 Å². The maximum absolute atomic E-state index is 13.6. The Morgan fingerprint density at radius 2 is 1.94 bits per heavy atom. The molecule has 3 amide bonds. The number of hydrogen-bond acceptors (Lipinski definition) is 5. The van der Waals surface area contributed by atoms with E-state index in [-0.39, 0.29) is 35.3 Å². The number of piperidine rings is 2. The molecule has 0 radical (unpaired) electrons. The molecule has 4 aliphatic heterocycles. The summed E-state index contributed by atoms with van der Waals surface area (Å²) in [4.78, 5) is 29.5. The molecule has 8 heteroatoms. The third-order valence-corrected chi connectivity index (χ3v) is 8.91. The lowest BCUT2D eigenvalue weighted by atomic mass is 9.86. The second-order valence-electron chi connectivity index (χ2n) is 9.80. The Balaban J connectivity index is 1.32. The van der Waals surface area contributed by atoms with E-state index in [1.165, 1.54) is 0 Å². The molecule has 2 aromatic carbocycles. The average molecular weight is 490 g/mol. The van der Waals surface area contributed by atoms with E-state index < -0.39 is 0 Å². The van der Waals surface area contributed by atoms with E-state index in [4.69, 9.17) is 0 Å². The topological polar surface area (TPSA) is 85.5 Å². The van der Waals surface area contributed by atoms with Crippen LogP contribution in [0.2, 0.25) is 0 Å². The second kappa shape index (κ2) is 9.33. The van der Waals surface area contributed by atoms with Crippen molar-refractivity contribution in [1.29, 1.82) is 0 Å². The maximum Gasteiger partial charge on any atom is 0.326 e. The van der Waals surface area contributed by atoms with Crippen LogP contribution >= 0.6 is 11.8 Å². The molecule has 182 valence electrons. The van der Waals surface area contributed by atoms with Crippen LogP contribution in [0.3, 0.4) is 0 Å². The predicted molar refractivity (Wildman–Crippen MR) is 140 cm³/mol.